The molecule has 0 fully saturated rings. The second-order valence-corrected chi connectivity index (χ2v) is 4.11. The van der Waals surface area contributed by atoms with Gasteiger partial charge in [0.05, 0.1) is 0 Å². The number of aryl methyl sites for hydroxylation is 1. The number of urea groups is 1. The monoisotopic (exact) mass is 244 g/mol. The van der Waals surface area contributed by atoms with E-state index in [-0.39, 0.29) is 5.82 Å². The first kappa shape index (κ1) is 12.8. The van der Waals surface area contributed by atoms with Crippen molar-refractivity contribution in [1.82, 2.24) is 4.90 Å². The number of hydrogen-bond donors (Lipinski definition) is 1. The SMILES string of the molecule is Cc1cc(Cl)c(CCN(C)C(N)=O)cc1F. The van der Waals surface area contributed by atoms with Gasteiger partial charge in [0.1, 0.15) is 5.82 Å². The normalized spacial score (nSPS) is 10.2. The van der Waals surface area contributed by atoms with Gasteiger partial charge in [0.2, 0.25) is 0 Å². The van der Waals surface area contributed by atoms with Crippen molar-refractivity contribution in [3.63, 3.8) is 0 Å². The number of halogens is 2. The molecule has 3 nitrogen and oxygen atoms in total. The lowest BCUT2D eigenvalue weighted by molar-refractivity contribution is 0.219. The summed E-state index contributed by atoms with van der Waals surface area (Å²) in [6.07, 6.45) is 0.482. The Hall–Kier alpha value is -1.29. The highest BCUT2D eigenvalue weighted by molar-refractivity contribution is 6.31. The molecule has 1 aromatic rings. The number of rotatable bonds is 3. The van der Waals surface area contributed by atoms with E-state index in [4.69, 9.17) is 17.3 Å². The number of hydrogen-bond acceptors (Lipinski definition) is 1. The van der Waals surface area contributed by atoms with Gasteiger partial charge in [-0.05, 0) is 36.6 Å². The number of amides is 2. The van der Waals surface area contributed by atoms with Crippen LogP contribution in [0.5, 0.6) is 0 Å². The lowest BCUT2D eigenvalue weighted by Gasteiger charge is -2.14. The fourth-order valence-electron chi connectivity index (χ4n) is 1.28. The molecular weight excluding hydrogens is 231 g/mol. The molecule has 0 aliphatic heterocycles. The van der Waals surface area contributed by atoms with Crippen LogP contribution in [0.1, 0.15) is 11.1 Å². The minimum atomic E-state index is -0.510. The molecule has 0 bridgehead atoms. The van der Waals surface area contributed by atoms with Gasteiger partial charge in [-0.15, -0.1) is 0 Å². The van der Waals surface area contributed by atoms with E-state index in [9.17, 15) is 9.18 Å². The van der Waals surface area contributed by atoms with E-state index in [0.717, 1.165) is 0 Å². The molecule has 2 N–H and O–H groups in total. The number of benzene rings is 1. The average molecular weight is 245 g/mol. The zero-order chi connectivity index (χ0) is 12.3. The van der Waals surface area contributed by atoms with E-state index >= 15 is 0 Å². The second kappa shape index (κ2) is 5.16. The zero-order valence-electron chi connectivity index (χ0n) is 9.26. The quantitative estimate of drug-likeness (QED) is 0.872. The van der Waals surface area contributed by atoms with E-state index in [1.165, 1.54) is 11.0 Å². The molecule has 0 atom stereocenters. The molecule has 0 radical (unpaired) electrons. The summed E-state index contributed by atoms with van der Waals surface area (Å²) in [5.41, 5.74) is 6.26. The summed E-state index contributed by atoms with van der Waals surface area (Å²) < 4.78 is 13.3. The van der Waals surface area contributed by atoms with Gasteiger partial charge in [0.25, 0.3) is 0 Å². The van der Waals surface area contributed by atoms with Crippen molar-refractivity contribution in [2.45, 2.75) is 13.3 Å². The Kier molecular flexibility index (Phi) is 4.12. The Morgan fingerprint density at radius 3 is 2.75 bits per heavy atom. The van der Waals surface area contributed by atoms with Gasteiger partial charge in [0.15, 0.2) is 0 Å². The maximum absolute atomic E-state index is 13.3. The van der Waals surface area contributed by atoms with Crippen LogP contribution < -0.4 is 5.73 Å². The molecule has 2 amide bonds. The molecule has 0 aliphatic carbocycles. The van der Waals surface area contributed by atoms with Gasteiger partial charge in [-0.3, -0.25) is 0 Å². The molecule has 1 rings (SSSR count). The van der Waals surface area contributed by atoms with Crippen molar-refractivity contribution in [2.24, 2.45) is 5.73 Å². The van der Waals surface area contributed by atoms with Crippen molar-refractivity contribution in [2.75, 3.05) is 13.6 Å². The summed E-state index contributed by atoms with van der Waals surface area (Å²) in [4.78, 5) is 12.1. The minimum absolute atomic E-state index is 0.291. The first-order valence-corrected chi connectivity index (χ1v) is 5.24. The third kappa shape index (κ3) is 3.10. The number of primary amides is 1. The van der Waals surface area contributed by atoms with Gasteiger partial charge in [-0.1, -0.05) is 11.6 Å². The Bertz CT molecular complexity index is 409. The second-order valence-electron chi connectivity index (χ2n) is 3.70. The van der Waals surface area contributed by atoms with Crippen molar-refractivity contribution < 1.29 is 9.18 Å². The third-order valence-corrected chi connectivity index (χ3v) is 2.77. The molecular formula is C11H14ClFN2O. The predicted molar refractivity (Wildman–Crippen MR) is 62.1 cm³/mol. The predicted octanol–water partition coefficient (Wildman–Crippen LogP) is 2.34. The molecule has 0 spiro atoms. The molecule has 1 aromatic carbocycles. The van der Waals surface area contributed by atoms with E-state index < -0.39 is 6.03 Å². The van der Waals surface area contributed by atoms with Crippen molar-refractivity contribution >= 4 is 17.6 Å². The standard InChI is InChI=1S/C11H14ClFN2O/c1-7-5-9(12)8(6-10(7)13)3-4-15(2)11(14)16/h5-6H,3-4H2,1-2H3,(H2,14,16). The number of nitrogens with two attached hydrogens (primary N) is 1. The van der Waals surface area contributed by atoms with Gasteiger partial charge < -0.3 is 10.6 Å². The Balaban J connectivity index is 2.74. The number of carbonyl (C=O) groups is 1. The molecule has 0 aliphatic rings. The number of nitrogens with zero attached hydrogens (tertiary/aromatic N) is 1. The molecule has 5 heteroatoms. The topological polar surface area (TPSA) is 46.3 Å². The summed E-state index contributed by atoms with van der Waals surface area (Å²) in [6.45, 7) is 2.07. The van der Waals surface area contributed by atoms with Gasteiger partial charge in [-0.25, -0.2) is 9.18 Å². The van der Waals surface area contributed by atoms with Crippen LogP contribution in [-0.2, 0) is 6.42 Å². The Morgan fingerprint density at radius 1 is 1.56 bits per heavy atom. The van der Waals surface area contributed by atoms with E-state index in [1.807, 2.05) is 0 Å². The molecule has 0 heterocycles. The van der Waals surface area contributed by atoms with Gasteiger partial charge in [-0.2, -0.15) is 0 Å². The fraction of sp³-hybridized carbons (Fsp3) is 0.364. The summed E-state index contributed by atoms with van der Waals surface area (Å²) in [5, 5.41) is 0.511. The lowest BCUT2D eigenvalue weighted by Crippen LogP contribution is -2.33. The maximum atomic E-state index is 13.3. The van der Waals surface area contributed by atoms with Crippen LogP contribution in [0.25, 0.3) is 0 Å². The average Bonchev–Trinajstić information content (AvgIpc) is 2.20. The molecule has 88 valence electrons. The molecule has 0 unspecified atom stereocenters. The van der Waals surface area contributed by atoms with E-state index in [2.05, 4.69) is 0 Å². The molecule has 0 saturated heterocycles. The van der Waals surface area contributed by atoms with Crippen LogP contribution in [0, 0.1) is 12.7 Å². The highest BCUT2D eigenvalue weighted by atomic mass is 35.5. The summed E-state index contributed by atoms with van der Waals surface area (Å²) in [7, 11) is 1.58. The van der Waals surface area contributed by atoms with Crippen molar-refractivity contribution in [1.29, 1.82) is 0 Å². The van der Waals surface area contributed by atoms with Gasteiger partial charge >= 0.3 is 6.03 Å². The lowest BCUT2D eigenvalue weighted by atomic mass is 10.1. The van der Waals surface area contributed by atoms with Gasteiger partial charge in [0, 0.05) is 18.6 Å². The number of likely N-dealkylation sites (N-methyl/N-ethyl adjacent to an activating group) is 1. The molecule has 0 aromatic heterocycles. The van der Waals surface area contributed by atoms with Crippen molar-refractivity contribution in [3.8, 4) is 0 Å². The van der Waals surface area contributed by atoms with E-state index in [0.29, 0.717) is 29.1 Å². The van der Waals surface area contributed by atoms with Crippen molar-refractivity contribution in [3.05, 3.63) is 34.1 Å². The van der Waals surface area contributed by atoms with Crippen LogP contribution in [0.15, 0.2) is 12.1 Å². The summed E-state index contributed by atoms with van der Waals surface area (Å²) in [5.74, 6) is -0.291. The first-order valence-electron chi connectivity index (χ1n) is 4.87. The largest absolute Gasteiger partial charge is 0.351 e. The molecule has 0 saturated carbocycles. The van der Waals surface area contributed by atoms with Crippen LogP contribution in [0.2, 0.25) is 5.02 Å². The Labute approximate surface area is 99.0 Å². The zero-order valence-corrected chi connectivity index (χ0v) is 10.0. The first-order chi connectivity index (χ1) is 7.41. The highest BCUT2D eigenvalue weighted by Crippen LogP contribution is 2.20. The van der Waals surface area contributed by atoms with E-state index in [1.54, 1.807) is 20.0 Å². The smallest absolute Gasteiger partial charge is 0.314 e. The van der Waals surface area contributed by atoms with Crippen LogP contribution in [-0.4, -0.2) is 24.5 Å². The van der Waals surface area contributed by atoms with Crippen LogP contribution in [0.4, 0.5) is 9.18 Å². The third-order valence-electron chi connectivity index (χ3n) is 2.42. The Morgan fingerprint density at radius 2 is 2.19 bits per heavy atom. The fourth-order valence-corrected chi connectivity index (χ4v) is 1.59. The molecule has 16 heavy (non-hydrogen) atoms. The highest BCUT2D eigenvalue weighted by Gasteiger charge is 2.08. The van der Waals surface area contributed by atoms with Crippen LogP contribution in [0.3, 0.4) is 0 Å². The maximum Gasteiger partial charge on any atom is 0.314 e. The summed E-state index contributed by atoms with van der Waals surface area (Å²) >= 11 is 5.96. The summed E-state index contributed by atoms with van der Waals surface area (Å²) in [6, 6.07) is 2.46. The number of carbonyl (C=O) groups excluding carboxylic acids is 1. The minimum Gasteiger partial charge on any atom is -0.351 e. The van der Waals surface area contributed by atoms with Crippen LogP contribution >= 0.6 is 11.6 Å².